The van der Waals surface area contributed by atoms with Gasteiger partial charge in [-0.15, -0.1) is 0 Å². The van der Waals surface area contributed by atoms with E-state index in [0.717, 1.165) is 31.6 Å². The van der Waals surface area contributed by atoms with Gasteiger partial charge in [0, 0.05) is 5.92 Å². The third-order valence-corrected chi connectivity index (χ3v) is 5.83. The first-order chi connectivity index (χ1) is 15.5. The molecule has 1 aliphatic carbocycles. The van der Waals surface area contributed by atoms with Crippen LogP contribution in [0, 0.1) is 11.7 Å². The maximum atomic E-state index is 15.6. The molecule has 1 fully saturated rings. The minimum atomic E-state index is -5.03. The fourth-order valence-corrected chi connectivity index (χ4v) is 4.13. The number of alkyl halides is 4. The molecule has 2 aliphatic rings. The number of hydrogen-bond acceptors (Lipinski definition) is 3. The zero-order valence-electron chi connectivity index (χ0n) is 18.6. The van der Waals surface area contributed by atoms with Crippen molar-refractivity contribution in [2.45, 2.75) is 51.7 Å². The van der Waals surface area contributed by atoms with Crippen LogP contribution in [0.3, 0.4) is 0 Å². The first-order valence-electron chi connectivity index (χ1n) is 10.7. The van der Waals surface area contributed by atoms with Gasteiger partial charge in [-0.2, -0.15) is 17.6 Å². The van der Waals surface area contributed by atoms with E-state index in [0.29, 0.717) is 6.42 Å². The lowest BCUT2D eigenvalue weighted by Crippen LogP contribution is -2.44. The van der Waals surface area contributed by atoms with Gasteiger partial charge in [0.25, 0.3) is 0 Å². The Morgan fingerprint density at radius 1 is 1.15 bits per heavy atom. The van der Waals surface area contributed by atoms with E-state index in [1.54, 1.807) is 0 Å². The fourth-order valence-electron chi connectivity index (χ4n) is 4.13. The van der Waals surface area contributed by atoms with Crippen LogP contribution in [0.2, 0.25) is 0 Å². The maximum absolute atomic E-state index is 15.6. The molecular weight excluding hydrogens is 450 g/mol. The Bertz CT molecular complexity index is 975. The lowest BCUT2D eigenvalue weighted by molar-refractivity contribution is -0.198. The average Bonchev–Trinajstić information content (AvgIpc) is 2.75. The Morgan fingerprint density at radius 2 is 1.79 bits per heavy atom. The molecule has 3 nitrogen and oxygen atoms in total. The Balaban J connectivity index is 2.15. The largest absolute Gasteiger partial charge is 0.491 e. The molecule has 1 aromatic rings. The van der Waals surface area contributed by atoms with Gasteiger partial charge in [0.1, 0.15) is 5.83 Å². The Labute approximate surface area is 188 Å². The van der Waals surface area contributed by atoms with E-state index in [9.17, 15) is 4.39 Å². The van der Waals surface area contributed by atoms with Crippen molar-refractivity contribution in [1.82, 2.24) is 0 Å². The monoisotopic (exact) mass is 476 g/mol. The predicted octanol–water partition coefficient (Wildman–Crippen LogP) is 6.94. The second kappa shape index (κ2) is 9.54. The van der Waals surface area contributed by atoms with Crippen molar-refractivity contribution in [2.24, 2.45) is 5.92 Å². The van der Waals surface area contributed by atoms with Gasteiger partial charge in [-0.25, -0.2) is 8.78 Å². The average molecular weight is 476 g/mol. The summed E-state index contributed by atoms with van der Waals surface area (Å²) in [6, 6.07) is 2.09. The summed E-state index contributed by atoms with van der Waals surface area (Å²) in [7, 11) is 0. The van der Waals surface area contributed by atoms with Crippen molar-refractivity contribution in [3.63, 3.8) is 0 Å². The van der Waals surface area contributed by atoms with Crippen LogP contribution >= 0.6 is 0 Å². The number of benzene rings is 1. The van der Waals surface area contributed by atoms with E-state index in [-0.39, 0.29) is 25.4 Å². The first-order valence-corrected chi connectivity index (χ1v) is 10.7. The van der Waals surface area contributed by atoms with Crippen molar-refractivity contribution in [3.8, 4) is 5.75 Å². The van der Waals surface area contributed by atoms with E-state index in [1.165, 1.54) is 6.92 Å². The number of fused-ring (bicyclic) bond motifs is 1. The maximum Gasteiger partial charge on any atom is 0.343 e. The second-order valence-electron chi connectivity index (χ2n) is 7.94. The van der Waals surface area contributed by atoms with Gasteiger partial charge in [-0.1, -0.05) is 32.1 Å². The lowest BCUT2D eigenvalue weighted by atomic mass is 9.78. The summed E-state index contributed by atoms with van der Waals surface area (Å²) < 4.78 is 107. The van der Waals surface area contributed by atoms with Crippen LogP contribution in [0.15, 0.2) is 41.8 Å². The van der Waals surface area contributed by atoms with E-state index >= 15 is 22.0 Å². The normalized spacial score (nSPS) is 24.8. The predicted molar refractivity (Wildman–Crippen MR) is 111 cm³/mol. The van der Waals surface area contributed by atoms with Crippen molar-refractivity contribution in [3.05, 3.63) is 58.7 Å². The van der Waals surface area contributed by atoms with Crippen molar-refractivity contribution in [1.29, 1.82) is 0 Å². The molecule has 0 unspecified atom stereocenters. The minimum absolute atomic E-state index is 0.0450. The quantitative estimate of drug-likeness (QED) is 0.315. The molecule has 0 saturated carbocycles. The molecule has 1 aromatic carbocycles. The third kappa shape index (κ3) is 4.21. The highest BCUT2D eigenvalue weighted by atomic mass is 19.3. The van der Waals surface area contributed by atoms with E-state index < -0.39 is 63.7 Å². The van der Waals surface area contributed by atoms with E-state index in [1.807, 2.05) is 6.92 Å². The third-order valence-electron chi connectivity index (χ3n) is 5.83. The molecule has 1 aliphatic heterocycles. The molecule has 0 aromatic heterocycles. The van der Waals surface area contributed by atoms with Crippen LogP contribution in [0.5, 0.6) is 5.75 Å². The molecule has 0 amide bonds. The number of halogens is 6. The molecule has 1 saturated heterocycles. The zero-order chi connectivity index (χ0) is 24.6. The van der Waals surface area contributed by atoms with Crippen molar-refractivity contribution < 1.29 is 40.6 Å². The second-order valence-corrected chi connectivity index (χ2v) is 7.94. The summed E-state index contributed by atoms with van der Waals surface area (Å²) in [4.78, 5) is 0. The van der Waals surface area contributed by atoms with Gasteiger partial charge in [-0.05, 0) is 43.0 Å². The van der Waals surface area contributed by atoms with Gasteiger partial charge in [-0.3, -0.25) is 0 Å². The molecule has 0 atom stereocenters. The fraction of sp³-hybridized carbons (Fsp3) is 0.500. The standard InChI is InChI=1S/C24H26F6O3/c1-5-8-18-32-11-14(12-33-18)15(6-2)21(25)19-13(4)16-9-10-17(31-7-3)22(26)20(16)24(29,30)23(19,27)28/h6,9-10,14,18H,2,5,7-8,11-12H2,1,3-4H3/b21-15-. The summed E-state index contributed by atoms with van der Waals surface area (Å²) in [5, 5.41) is 0. The van der Waals surface area contributed by atoms with Crippen LogP contribution in [-0.4, -0.2) is 32.0 Å². The molecular formula is C24H26F6O3. The van der Waals surface area contributed by atoms with Crippen LogP contribution in [0.1, 0.15) is 44.7 Å². The van der Waals surface area contributed by atoms with Gasteiger partial charge >= 0.3 is 11.8 Å². The highest BCUT2D eigenvalue weighted by molar-refractivity contribution is 5.79. The summed E-state index contributed by atoms with van der Waals surface area (Å²) >= 11 is 0. The molecule has 1 heterocycles. The number of ether oxygens (including phenoxy) is 3. The molecule has 0 bridgehead atoms. The summed E-state index contributed by atoms with van der Waals surface area (Å²) in [6.07, 6.45) is 1.87. The highest BCUT2D eigenvalue weighted by Crippen LogP contribution is 2.58. The SMILES string of the molecule is C=C/C(=C(/F)C1=C(C)c2ccc(OCC)c(F)c2C(F)(F)C1(F)F)C1COC(CCC)OC1. The molecule has 182 valence electrons. The van der Waals surface area contributed by atoms with Crippen molar-refractivity contribution in [2.75, 3.05) is 19.8 Å². The van der Waals surface area contributed by atoms with Gasteiger partial charge in [0.15, 0.2) is 17.9 Å². The molecule has 3 rings (SSSR count). The number of rotatable bonds is 7. The van der Waals surface area contributed by atoms with Gasteiger partial charge in [0.2, 0.25) is 0 Å². The van der Waals surface area contributed by atoms with E-state index in [2.05, 4.69) is 6.58 Å². The van der Waals surface area contributed by atoms with Crippen LogP contribution in [0.4, 0.5) is 26.3 Å². The zero-order valence-corrected chi connectivity index (χ0v) is 18.6. The van der Waals surface area contributed by atoms with E-state index in [4.69, 9.17) is 14.2 Å². The van der Waals surface area contributed by atoms with Crippen LogP contribution in [0.25, 0.3) is 5.57 Å². The smallest absolute Gasteiger partial charge is 0.343 e. The molecule has 0 N–H and O–H groups in total. The molecule has 9 heteroatoms. The highest BCUT2D eigenvalue weighted by Gasteiger charge is 2.66. The Morgan fingerprint density at radius 3 is 2.33 bits per heavy atom. The number of allylic oxidation sites excluding steroid dienone is 4. The van der Waals surface area contributed by atoms with Crippen LogP contribution in [-0.2, 0) is 15.4 Å². The topological polar surface area (TPSA) is 27.7 Å². The first kappa shape index (κ1) is 25.4. The Hall–Kier alpha value is -2.26. The van der Waals surface area contributed by atoms with Crippen LogP contribution < -0.4 is 4.74 Å². The summed E-state index contributed by atoms with van der Waals surface area (Å²) in [5.41, 5.74) is -4.36. The lowest BCUT2D eigenvalue weighted by Gasteiger charge is -2.37. The Kier molecular flexibility index (Phi) is 7.33. The summed E-state index contributed by atoms with van der Waals surface area (Å²) in [6.45, 7) is 7.80. The van der Waals surface area contributed by atoms with Crippen molar-refractivity contribution >= 4 is 5.57 Å². The molecule has 0 radical (unpaired) electrons. The van der Waals surface area contributed by atoms with Gasteiger partial charge < -0.3 is 14.2 Å². The minimum Gasteiger partial charge on any atom is -0.491 e. The van der Waals surface area contributed by atoms with Gasteiger partial charge in [0.05, 0.1) is 31.0 Å². The number of hydrogen-bond donors (Lipinski definition) is 0. The molecule has 0 spiro atoms. The molecule has 33 heavy (non-hydrogen) atoms. The summed E-state index contributed by atoms with van der Waals surface area (Å²) in [5.74, 6) is -14.6.